The number of benzene rings is 3. The molecule has 0 spiro atoms. The SMILES string of the molecule is O=C(CSc1nc(-c2ccccc2)cc(C(F)(F)F)n1)N(Cc1ccccc1)c1ccccc1. The van der Waals surface area contributed by atoms with Crippen LogP contribution in [-0.4, -0.2) is 21.6 Å². The lowest BCUT2D eigenvalue weighted by molar-refractivity contribution is -0.141. The molecule has 34 heavy (non-hydrogen) atoms. The van der Waals surface area contributed by atoms with Gasteiger partial charge in [-0.2, -0.15) is 13.2 Å². The van der Waals surface area contributed by atoms with E-state index >= 15 is 0 Å². The number of carbonyl (C=O) groups excluding carboxylic acids is 1. The highest BCUT2D eigenvalue weighted by atomic mass is 32.2. The van der Waals surface area contributed by atoms with E-state index in [-0.39, 0.29) is 22.5 Å². The van der Waals surface area contributed by atoms with Crippen LogP contribution in [0.3, 0.4) is 0 Å². The standard InChI is InChI=1S/C26H20F3N3OS/c27-26(28,29)23-16-22(20-12-6-2-7-13-20)30-25(31-23)34-18-24(33)32(21-14-8-3-9-15-21)17-19-10-4-1-5-11-19/h1-16H,17-18H2. The second-order valence-corrected chi connectivity index (χ2v) is 8.32. The van der Waals surface area contributed by atoms with Crippen molar-refractivity contribution in [3.8, 4) is 11.3 Å². The van der Waals surface area contributed by atoms with Gasteiger partial charge in [0.2, 0.25) is 5.91 Å². The minimum Gasteiger partial charge on any atom is -0.307 e. The zero-order valence-corrected chi connectivity index (χ0v) is 18.8. The summed E-state index contributed by atoms with van der Waals surface area (Å²) in [6, 6.07) is 28.2. The summed E-state index contributed by atoms with van der Waals surface area (Å²) in [5.74, 6) is -0.376. The Morgan fingerprint density at radius 2 is 1.41 bits per heavy atom. The maximum atomic E-state index is 13.5. The van der Waals surface area contributed by atoms with Crippen molar-refractivity contribution in [2.24, 2.45) is 0 Å². The van der Waals surface area contributed by atoms with Gasteiger partial charge in [-0.3, -0.25) is 4.79 Å². The first-order valence-electron chi connectivity index (χ1n) is 10.4. The van der Waals surface area contributed by atoms with Gasteiger partial charge in [-0.25, -0.2) is 9.97 Å². The number of para-hydroxylation sites is 1. The van der Waals surface area contributed by atoms with Gasteiger partial charge in [-0.05, 0) is 23.8 Å². The third-order valence-electron chi connectivity index (χ3n) is 4.94. The van der Waals surface area contributed by atoms with Gasteiger partial charge in [0.25, 0.3) is 0 Å². The normalized spacial score (nSPS) is 11.3. The van der Waals surface area contributed by atoms with Gasteiger partial charge in [0.1, 0.15) is 5.69 Å². The van der Waals surface area contributed by atoms with Crippen LogP contribution >= 0.6 is 11.8 Å². The molecule has 0 aliphatic heterocycles. The molecule has 172 valence electrons. The summed E-state index contributed by atoms with van der Waals surface area (Å²) in [5, 5.41) is -0.102. The molecule has 0 fully saturated rings. The molecule has 0 saturated heterocycles. The number of hydrogen-bond donors (Lipinski definition) is 0. The predicted octanol–water partition coefficient (Wildman–Crippen LogP) is 6.49. The Morgan fingerprint density at radius 1 is 0.824 bits per heavy atom. The number of amides is 1. The Morgan fingerprint density at radius 3 is 2.03 bits per heavy atom. The van der Waals surface area contributed by atoms with Crippen molar-refractivity contribution in [3.63, 3.8) is 0 Å². The van der Waals surface area contributed by atoms with E-state index in [1.165, 1.54) is 0 Å². The average Bonchev–Trinajstić information content (AvgIpc) is 2.87. The quantitative estimate of drug-likeness (QED) is 0.225. The van der Waals surface area contributed by atoms with E-state index < -0.39 is 11.9 Å². The topological polar surface area (TPSA) is 46.1 Å². The summed E-state index contributed by atoms with van der Waals surface area (Å²) in [6.45, 7) is 0.336. The van der Waals surface area contributed by atoms with Crippen molar-refractivity contribution in [1.82, 2.24) is 9.97 Å². The van der Waals surface area contributed by atoms with Crippen molar-refractivity contribution in [2.45, 2.75) is 17.9 Å². The molecule has 3 aromatic carbocycles. The van der Waals surface area contributed by atoms with Crippen LogP contribution in [0.5, 0.6) is 0 Å². The molecule has 0 unspecified atom stereocenters. The maximum Gasteiger partial charge on any atom is 0.433 e. The van der Waals surface area contributed by atoms with Crippen LogP contribution in [0.15, 0.2) is 102 Å². The molecule has 1 amide bonds. The number of carbonyl (C=O) groups is 1. The van der Waals surface area contributed by atoms with Crippen molar-refractivity contribution in [1.29, 1.82) is 0 Å². The molecule has 0 bridgehead atoms. The molecule has 0 aliphatic carbocycles. The van der Waals surface area contributed by atoms with E-state index in [2.05, 4.69) is 9.97 Å². The van der Waals surface area contributed by atoms with Crippen molar-refractivity contribution in [2.75, 3.05) is 10.7 Å². The van der Waals surface area contributed by atoms with Crippen LogP contribution in [0.2, 0.25) is 0 Å². The van der Waals surface area contributed by atoms with Gasteiger partial charge < -0.3 is 4.90 Å². The fourth-order valence-electron chi connectivity index (χ4n) is 3.29. The maximum absolute atomic E-state index is 13.5. The fourth-order valence-corrected chi connectivity index (χ4v) is 4.03. The van der Waals surface area contributed by atoms with Gasteiger partial charge in [0.05, 0.1) is 18.0 Å². The third kappa shape index (κ3) is 6.02. The highest BCUT2D eigenvalue weighted by Crippen LogP contribution is 2.32. The van der Waals surface area contributed by atoms with Crippen LogP contribution in [-0.2, 0) is 17.5 Å². The summed E-state index contributed by atoms with van der Waals surface area (Å²) in [4.78, 5) is 22.8. The summed E-state index contributed by atoms with van der Waals surface area (Å²) in [6.07, 6.45) is -4.63. The Kier molecular flexibility index (Phi) is 7.27. The number of rotatable bonds is 7. The smallest absolute Gasteiger partial charge is 0.307 e. The number of halogens is 3. The second kappa shape index (κ2) is 10.5. The van der Waals surface area contributed by atoms with Crippen LogP contribution in [0.4, 0.5) is 18.9 Å². The van der Waals surface area contributed by atoms with E-state index in [4.69, 9.17) is 0 Å². The number of thioether (sulfide) groups is 1. The monoisotopic (exact) mass is 479 g/mol. The van der Waals surface area contributed by atoms with E-state index in [1.54, 1.807) is 35.2 Å². The fraction of sp³-hybridized carbons (Fsp3) is 0.115. The zero-order valence-electron chi connectivity index (χ0n) is 17.9. The van der Waals surface area contributed by atoms with E-state index in [1.807, 2.05) is 60.7 Å². The summed E-state index contributed by atoms with van der Waals surface area (Å²) in [7, 11) is 0. The molecule has 1 heterocycles. The average molecular weight is 480 g/mol. The van der Waals surface area contributed by atoms with Gasteiger partial charge in [-0.15, -0.1) is 0 Å². The first-order valence-corrected chi connectivity index (χ1v) is 11.4. The number of anilines is 1. The molecule has 4 rings (SSSR count). The number of alkyl halides is 3. The Balaban J connectivity index is 1.58. The highest BCUT2D eigenvalue weighted by molar-refractivity contribution is 7.99. The Labute approximate surface area is 199 Å². The van der Waals surface area contributed by atoms with Gasteiger partial charge in [-0.1, -0.05) is 90.6 Å². The van der Waals surface area contributed by atoms with Crippen molar-refractivity contribution < 1.29 is 18.0 Å². The molecule has 0 N–H and O–H groups in total. The Hall–Kier alpha value is -3.65. The van der Waals surface area contributed by atoms with Gasteiger partial charge >= 0.3 is 6.18 Å². The van der Waals surface area contributed by atoms with E-state index in [0.29, 0.717) is 17.8 Å². The minimum absolute atomic E-state index is 0.102. The molecular formula is C26H20F3N3OS. The van der Waals surface area contributed by atoms with E-state index in [0.717, 1.165) is 23.4 Å². The lowest BCUT2D eigenvalue weighted by Gasteiger charge is -2.23. The molecule has 0 saturated carbocycles. The van der Waals surface area contributed by atoms with Crippen LogP contribution in [0.25, 0.3) is 11.3 Å². The third-order valence-corrected chi connectivity index (χ3v) is 5.77. The summed E-state index contributed by atoms with van der Waals surface area (Å²) < 4.78 is 40.4. The number of hydrogen-bond acceptors (Lipinski definition) is 4. The van der Waals surface area contributed by atoms with Crippen LogP contribution in [0.1, 0.15) is 11.3 Å². The largest absolute Gasteiger partial charge is 0.433 e. The molecule has 4 nitrogen and oxygen atoms in total. The first-order chi connectivity index (χ1) is 16.4. The molecule has 0 radical (unpaired) electrons. The molecular weight excluding hydrogens is 459 g/mol. The second-order valence-electron chi connectivity index (χ2n) is 7.37. The van der Waals surface area contributed by atoms with E-state index in [9.17, 15) is 18.0 Å². The van der Waals surface area contributed by atoms with Crippen molar-refractivity contribution >= 4 is 23.4 Å². The summed E-state index contributed by atoms with van der Waals surface area (Å²) in [5.41, 5.74) is 1.29. The van der Waals surface area contributed by atoms with Crippen LogP contribution in [0, 0.1) is 0 Å². The lowest BCUT2D eigenvalue weighted by Crippen LogP contribution is -2.32. The van der Waals surface area contributed by atoms with Crippen molar-refractivity contribution in [3.05, 3.63) is 108 Å². The molecule has 1 aromatic heterocycles. The highest BCUT2D eigenvalue weighted by Gasteiger charge is 2.34. The predicted molar refractivity (Wildman–Crippen MR) is 127 cm³/mol. The molecule has 8 heteroatoms. The molecule has 0 aliphatic rings. The van der Waals surface area contributed by atoms with Crippen LogP contribution < -0.4 is 4.90 Å². The Bertz CT molecular complexity index is 1240. The first kappa shape index (κ1) is 23.5. The number of nitrogens with zero attached hydrogens (tertiary/aromatic N) is 3. The molecule has 4 aromatic rings. The molecule has 0 atom stereocenters. The van der Waals surface area contributed by atoms with Gasteiger partial charge in [0.15, 0.2) is 5.16 Å². The lowest BCUT2D eigenvalue weighted by atomic mass is 10.1. The summed E-state index contributed by atoms with van der Waals surface area (Å²) >= 11 is 0.888. The van der Waals surface area contributed by atoms with Gasteiger partial charge in [0, 0.05) is 11.3 Å². The number of aromatic nitrogens is 2. The zero-order chi connectivity index (χ0) is 24.0. The minimum atomic E-state index is -4.63.